The van der Waals surface area contributed by atoms with Gasteiger partial charge in [0, 0.05) is 17.5 Å². The molecule has 0 spiro atoms. The maximum Gasteiger partial charge on any atom is 0.129 e. The molecule has 1 aliphatic rings. The lowest BCUT2D eigenvalue weighted by atomic mass is 9.61. The molecule has 0 amide bonds. The summed E-state index contributed by atoms with van der Waals surface area (Å²) in [5.74, 6) is 0.306. The first-order valence-electron chi connectivity index (χ1n) is 7.93. The molecule has 0 bridgehead atoms. The van der Waals surface area contributed by atoms with Crippen LogP contribution in [0.15, 0.2) is 24.3 Å². The van der Waals surface area contributed by atoms with Gasteiger partial charge in [-0.3, -0.25) is 0 Å². The lowest BCUT2D eigenvalue weighted by molar-refractivity contribution is -0.0251. The van der Waals surface area contributed by atoms with Gasteiger partial charge >= 0.3 is 0 Å². The molecule has 0 saturated heterocycles. The molecule has 3 N–H and O–H groups in total. The second-order valence-corrected chi connectivity index (χ2v) is 7.63. The van der Waals surface area contributed by atoms with Gasteiger partial charge in [-0.05, 0) is 43.1 Å². The third-order valence-electron chi connectivity index (χ3n) is 5.39. The van der Waals surface area contributed by atoms with E-state index in [1.807, 2.05) is 0 Å². The summed E-state index contributed by atoms with van der Waals surface area (Å²) in [6.07, 6.45) is 3.00. The van der Waals surface area contributed by atoms with E-state index >= 15 is 0 Å². The van der Waals surface area contributed by atoms with Crippen LogP contribution < -0.4 is 5.73 Å². The Bertz CT molecular complexity index is 472. The highest BCUT2D eigenvalue weighted by Crippen LogP contribution is 2.50. The Morgan fingerprint density at radius 2 is 1.86 bits per heavy atom. The number of hydrogen-bond donors (Lipinski definition) is 2. The summed E-state index contributed by atoms with van der Waals surface area (Å²) in [6, 6.07) is 6.50. The van der Waals surface area contributed by atoms with E-state index in [4.69, 9.17) is 5.73 Å². The molecule has 1 aromatic carbocycles. The van der Waals surface area contributed by atoms with E-state index in [1.54, 1.807) is 18.2 Å². The Morgan fingerprint density at radius 3 is 2.33 bits per heavy atom. The van der Waals surface area contributed by atoms with Gasteiger partial charge in [0.2, 0.25) is 0 Å². The number of hydrogen-bond acceptors (Lipinski definition) is 2. The number of nitrogens with two attached hydrogens (primary N) is 1. The molecule has 1 aliphatic carbocycles. The molecule has 1 aromatic rings. The molecule has 2 nitrogen and oxygen atoms in total. The fourth-order valence-corrected chi connectivity index (χ4v) is 3.67. The van der Waals surface area contributed by atoms with Crippen molar-refractivity contribution < 1.29 is 9.50 Å². The van der Waals surface area contributed by atoms with E-state index in [2.05, 4.69) is 20.8 Å². The van der Waals surface area contributed by atoms with Crippen molar-refractivity contribution in [2.45, 2.75) is 52.6 Å². The third kappa shape index (κ3) is 3.29. The second kappa shape index (κ2) is 6.05. The van der Waals surface area contributed by atoms with Crippen LogP contribution in [-0.4, -0.2) is 11.7 Å². The van der Waals surface area contributed by atoms with Crippen LogP contribution in [-0.2, 0) is 0 Å². The van der Waals surface area contributed by atoms with Gasteiger partial charge in [0.25, 0.3) is 0 Å². The maximum atomic E-state index is 14.0. The molecule has 0 radical (unpaired) electrons. The summed E-state index contributed by atoms with van der Waals surface area (Å²) in [4.78, 5) is 0. The van der Waals surface area contributed by atoms with E-state index in [0.717, 1.165) is 25.7 Å². The molecule has 2 rings (SSSR count). The molecule has 0 aliphatic heterocycles. The predicted molar refractivity (Wildman–Crippen MR) is 84.3 cm³/mol. The molecule has 1 unspecified atom stereocenters. The van der Waals surface area contributed by atoms with Crippen LogP contribution in [0.25, 0.3) is 0 Å². The van der Waals surface area contributed by atoms with Crippen molar-refractivity contribution in [1.82, 2.24) is 0 Å². The van der Waals surface area contributed by atoms with Crippen LogP contribution in [0.3, 0.4) is 0 Å². The lowest BCUT2D eigenvalue weighted by Gasteiger charge is -2.46. The topological polar surface area (TPSA) is 46.2 Å². The highest BCUT2D eigenvalue weighted by Gasteiger charge is 2.43. The van der Waals surface area contributed by atoms with Crippen molar-refractivity contribution in [2.24, 2.45) is 22.5 Å². The first-order valence-corrected chi connectivity index (χ1v) is 7.93. The Morgan fingerprint density at radius 1 is 1.29 bits per heavy atom. The summed E-state index contributed by atoms with van der Waals surface area (Å²) >= 11 is 0. The number of halogens is 1. The van der Waals surface area contributed by atoms with Crippen LogP contribution in [0.4, 0.5) is 4.39 Å². The number of rotatable bonds is 3. The average molecular weight is 293 g/mol. The Hall–Kier alpha value is -0.930. The van der Waals surface area contributed by atoms with Crippen molar-refractivity contribution in [2.75, 3.05) is 6.54 Å². The van der Waals surface area contributed by atoms with E-state index in [-0.39, 0.29) is 16.6 Å². The first kappa shape index (κ1) is 16.4. The smallest absolute Gasteiger partial charge is 0.129 e. The van der Waals surface area contributed by atoms with Crippen molar-refractivity contribution >= 4 is 0 Å². The first-order chi connectivity index (χ1) is 9.80. The monoisotopic (exact) mass is 293 g/mol. The zero-order valence-corrected chi connectivity index (χ0v) is 13.4. The zero-order chi connectivity index (χ0) is 15.7. The van der Waals surface area contributed by atoms with Gasteiger partial charge in [-0.2, -0.15) is 0 Å². The molecule has 1 fully saturated rings. The van der Waals surface area contributed by atoms with Gasteiger partial charge in [0.1, 0.15) is 5.82 Å². The molecule has 118 valence electrons. The van der Waals surface area contributed by atoms with Crippen LogP contribution in [0.5, 0.6) is 0 Å². The van der Waals surface area contributed by atoms with Gasteiger partial charge in [-0.15, -0.1) is 0 Å². The maximum absolute atomic E-state index is 14.0. The summed E-state index contributed by atoms with van der Waals surface area (Å²) in [5.41, 5.74) is 6.28. The normalized spacial score (nSPS) is 28.4. The SMILES string of the molecule is CC(C)(C)C1CCC(CN)(C(O)c2ccccc2F)CC1. The fourth-order valence-electron chi connectivity index (χ4n) is 3.67. The standard InChI is InChI=1S/C18H28FNO/c1-17(2,3)13-8-10-18(12-20,11-9-13)16(21)14-6-4-5-7-15(14)19/h4-7,13,16,21H,8-12,20H2,1-3H3. The summed E-state index contributed by atoms with van der Waals surface area (Å²) in [6.45, 7) is 7.20. The third-order valence-corrected chi connectivity index (χ3v) is 5.39. The minimum Gasteiger partial charge on any atom is -0.388 e. The van der Waals surface area contributed by atoms with Crippen LogP contribution in [0.1, 0.15) is 58.1 Å². The van der Waals surface area contributed by atoms with Crippen LogP contribution in [0.2, 0.25) is 0 Å². The summed E-state index contributed by atoms with van der Waals surface area (Å²) < 4.78 is 14.0. The quantitative estimate of drug-likeness (QED) is 0.883. The van der Waals surface area contributed by atoms with Gasteiger partial charge in [0.15, 0.2) is 0 Å². The van der Waals surface area contributed by atoms with E-state index in [0.29, 0.717) is 18.0 Å². The van der Waals surface area contributed by atoms with Crippen LogP contribution >= 0.6 is 0 Å². The molecule has 3 heteroatoms. The van der Waals surface area contributed by atoms with Crippen molar-refractivity contribution in [1.29, 1.82) is 0 Å². The Balaban J connectivity index is 2.19. The summed E-state index contributed by atoms with van der Waals surface area (Å²) in [7, 11) is 0. The number of benzene rings is 1. The minimum absolute atomic E-state index is 0.281. The van der Waals surface area contributed by atoms with E-state index in [9.17, 15) is 9.50 Å². The Labute approximate surface area is 127 Å². The highest BCUT2D eigenvalue weighted by atomic mass is 19.1. The van der Waals surface area contributed by atoms with Crippen LogP contribution in [0, 0.1) is 22.6 Å². The number of aliphatic hydroxyl groups excluding tert-OH is 1. The van der Waals surface area contributed by atoms with Gasteiger partial charge in [0.05, 0.1) is 6.10 Å². The lowest BCUT2D eigenvalue weighted by Crippen LogP contribution is -2.42. The van der Waals surface area contributed by atoms with Crippen molar-refractivity contribution in [3.63, 3.8) is 0 Å². The number of aliphatic hydroxyl groups is 1. The minimum atomic E-state index is -0.815. The second-order valence-electron chi connectivity index (χ2n) is 7.63. The molecular weight excluding hydrogens is 265 g/mol. The molecule has 0 aromatic heterocycles. The fraction of sp³-hybridized carbons (Fsp3) is 0.667. The average Bonchev–Trinajstić information content (AvgIpc) is 2.46. The zero-order valence-electron chi connectivity index (χ0n) is 13.4. The van der Waals surface area contributed by atoms with Crippen molar-refractivity contribution in [3.8, 4) is 0 Å². The predicted octanol–water partition coefficient (Wildman–Crippen LogP) is 4.04. The van der Waals surface area contributed by atoms with Gasteiger partial charge < -0.3 is 10.8 Å². The van der Waals surface area contributed by atoms with E-state index < -0.39 is 6.10 Å². The Kier molecular flexibility index (Phi) is 4.74. The van der Waals surface area contributed by atoms with E-state index in [1.165, 1.54) is 6.07 Å². The highest BCUT2D eigenvalue weighted by molar-refractivity contribution is 5.22. The largest absolute Gasteiger partial charge is 0.388 e. The van der Waals surface area contributed by atoms with Gasteiger partial charge in [-0.1, -0.05) is 39.0 Å². The molecule has 1 atom stereocenters. The van der Waals surface area contributed by atoms with Crippen molar-refractivity contribution in [3.05, 3.63) is 35.6 Å². The molecule has 21 heavy (non-hydrogen) atoms. The molecule has 1 saturated carbocycles. The molecular formula is C18H28FNO. The van der Waals surface area contributed by atoms with Gasteiger partial charge in [-0.25, -0.2) is 4.39 Å². The summed E-state index contributed by atoms with van der Waals surface area (Å²) in [5, 5.41) is 10.7. The molecule has 0 heterocycles.